The van der Waals surface area contributed by atoms with Gasteiger partial charge in [-0.2, -0.15) is 12.6 Å². The predicted octanol–water partition coefficient (Wildman–Crippen LogP) is 14.5. The second kappa shape index (κ2) is 28.1. The number of aryl methyl sites for hydroxylation is 1. The zero-order chi connectivity index (χ0) is 40.3. The zero-order valence-corrected chi connectivity index (χ0v) is 35.4. The van der Waals surface area contributed by atoms with E-state index in [0.717, 1.165) is 72.2 Å². The molecule has 0 fully saturated rings. The lowest BCUT2D eigenvalue weighted by Crippen LogP contribution is -2.19. The highest BCUT2D eigenvalue weighted by Crippen LogP contribution is 2.31. The summed E-state index contributed by atoms with van der Waals surface area (Å²) in [7, 11) is 0. The number of aliphatic carboxylic acids is 1. The number of nitroso groups, excluding NO2 is 1. The maximum Gasteiger partial charge on any atom is 0.303 e. The molecule has 1 N–H and O–H groups in total. The molecule has 0 saturated heterocycles. The van der Waals surface area contributed by atoms with Gasteiger partial charge in [-0.05, 0) is 104 Å². The van der Waals surface area contributed by atoms with Crippen LogP contribution in [0.15, 0.2) is 95.2 Å². The molecule has 1 atom stereocenters. The van der Waals surface area contributed by atoms with Gasteiger partial charge in [0.2, 0.25) is 0 Å². The highest BCUT2D eigenvalue weighted by atomic mass is 35.5. The third-order valence-electron chi connectivity index (χ3n) is 8.36. The molecule has 2 rings (SSSR count). The minimum absolute atomic E-state index is 0.0359. The van der Waals surface area contributed by atoms with Crippen molar-refractivity contribution in [3.8, 4) is 0 Å². The van der Waals surface area contributed by atoms with E-state index < -0.39 is 11.5 Å². The van der Waals surface area contributed by atoms with E-state index >= 15 is 0 Å². The van der Waals surface area contributed by atoms with E-state index in [1.165, 1.54) is 11.1 Å². The summed E-state index contributed by atoms with van der Waals surface area (Å²) in [5, 5.41) is 12.4. The van der Waals surface area contributed by atoms with Crippen LogP contribution in [0.3, 0.4) is 0 Å². The summed E-state index contributed by atoms with van der Waals surface area (Å²) in [6, 6.07) is 12.6. The number of carbonyl (C=O) groups is 1. The molecule has 0 spiro atoms. The number of carboxylic acids is 1. The number of nitrogens with zero attached hydrogens (tertiary/aromatic N) is 2. The molecule has 2 aromatic carbocycles. The van der Waals surface area contributed by atoms with E-state index in [2.05, 4.69) is 98.2 Å². The normalized spacial score (nSPS) is 12.2. The SMILES string of the molecule is C=C/C(CCCCCc1cccc(/C=C/C(C)/C=C\c2ccc(Cl)c(C)c2N=C)c1)=C(\C=C)C(C)(C)N=O.CC.CCC(C)(C)CC(=O)O.CCS. The minimum atomic E-state index is -0.785. The predicted molar refractivity (Wildman–Crippen MR) is 236 cm³/mol. The van der Waals surface area contributed by atoms with Crippen molar-refractivity contribution in [2.24, 2.45) is 21.5 Å². The molecular weight excluding hydrogens is 684 g/mol. The Morgan fingerprint density at radius 1 is 1.00 bits per heavy atom. The molecule has 0 radical (unpaired) electrons. The fourth-order valence-corrected chi connectivity index (χ4v) is 5.15. The van der Waals surface area contributed by atoms with E-state index in [-0.39, 0.29) is 17.8 Å². The van der Waals surface area contributed by atoms with Gasteiger partial charge in [0.15, 0.2) is 0 Å². The van der Waals surface area contributed by atoms with Crippen LogP contribution >= 0.6 is 24.2 Å². The molecule has 0 aliphatic rings. The summed E-state index contributed by atoms with van der Waals surface area (Å²) in [6.07, 6.45) is 18.5. The molecule has 0 aliphatic carbocycles. The number of unbranched alkanes of at least 4 members (excludes halogenated alkanes) is 2. The highest BCUT2D eigenvalue weighted by molar-refractivity contribution is 7.80. The van der Waals surface area contributed by atoms with Crippen molar-refractivity contribution in [2.75, 3.05) is 5.75 Å². The van der Waals surface area contributed by atoms with Crippen molar-refractivity contribution in [2.45, 2.75) is 120 Å². The van der Waals surface area contributed by atoms with Crippen LogP contribution in [-0.2, 0) is 11.2 Å². The Labute approximate surface area is 327 Å². The van der Waals surface area contributed by atoms with Crippen LogP contribution in [0, 0.1) is 23.2 Å². The lowest BCUT2D eigenvalue weighted by Gasteiger charge is -2.20. The van der Waals surface area contributed by atoms with E-state index in [1.807, 2.05) is 80.5 Å². The van der Waals surface area contributed by atoms with Gasteiger partial charge in [0.05, 0.1) is 12.1 Å². The molecule has 52 heavy (non-hydrogen) atoms. The average Bonchev–Trinajstić information content (AvgIpc) is 3.11. The van der Waals surface area contributed by atoms with Gasteiger partial charge in [-0.3, -0.25) is 9.79 Å². The number of hydrogen-bond acceptors (Lipinski definition) is 5. The van der Waals surface area contributed by atoms with Gasteiger partial charge < -0.3 is 5.11 Å². The molecule has 0 aromatic heterocycles. The Bertz CT molecular complexity index is 1490. The van der Waals surface area contributed by atoms with Crippen LogP contribution < -0.4 is 0 Å². The van der Waals surface area contributed by atoms with E-state index in [4.69, 9.17) is 16.7 Å². The molecule has 1 unspecified atom stereocenters. The molecule has 0 saturated carbocycles. The van der Waals surface area contributed by atoms with E-state index in [1.54, 1.807) is 6.08 Å². The first-order valence-electron chi connectivity index (χ1n) is 18.4. The standard InChI is InChI=1S/C34H41ClN2O.C7H14O2.C2H6S.C2H6/c1-8-29(31(9-2)34(5,6)37-38)17-12-10-11-14-27-15-13-16-28(24-27)20-18-25(3)19-21-30-22-23-32(35)26(4)33(30)36-7;1-4-7(2,3)5-6(8)9;1-2-3;1-2/h8-9,13,15-16,18-25H,1-2,7,10-12,14,17H2,3-6H3;4-5H2,1-3H3,(H,8,9);3H,2H2,1H3;1-2H3/b20-18+,21-19-,31-29-;;;. The quantitative estimate of drug-likeness (QED) is 0.0523. The van der Waals surface area contributed by atoms with Crippen LogP contribution in [0.1, 0.15) is 123 Å². The Morgan fingerprint density at radius 2 is 1.62 bits per heavy atom. The first kappa shape index (κ1) is 50.6. The number of halogens is 1. The van der Waals surface area contributed by atoms with Crippen molar-refractivity contribution in [3.05, 3.63) is 117 Å². The summed E-state index contributed by atoms with van der Waals surface area (Å²) in [4.78, 5) is 25.6. The molecule has 0 bridgehead atoms. The van der Waals surface area contributed by atoms with Crippen molar-refractivity contribution in [1.82, 2.24) is 0 Å². The second-order valence-corrected chi connectivity index (χ2v) is 14.6. The molecule has 5 nitrogen and oxygen atoms in total. The summed E-state index contributed by atoms with van der Waals surface area (Å²) < 4.78 is 0. The number of carboxylic acid groups (broad SMARTS) is 1. The number of aliphatic imine (C=N–C) groups is 1. The third-order valence-corrected chi connectivity index (χ3v) is 8.77. The molecule has 7 heteroatoms. The van der Waals surface area contributed by atoms with Gasteiger partial charge >= 0.3 is 5.97 Å². The van der Waals surface area contributed by atoms with Crippen molar-refractivity contribution >= 4 is 54.8 Å². The Hall–Kier alpha value is -3.48. The summed E-state index contributed by atoms with van der Waals surface area (Å²) in [5.74, 6) is 0.501. The monoisotopic (exact) mass is 750 g/mol. The van der Waals surface area contributed by atoms with Gasteiger partial charge in [-0.25, -0.2) is 0 Å². The van der Waals surface area contributed by atoms with E-state index in [0.29, 0.717) is 5.02 Å². The van der Waals surface area contributed by atoms with Gasteiger partial charge in [0.1, 0.15) is 5.54 Å². The van der Waals surface area contributed by atoms with Gasteiger partial charge in [0, 0.05) is 10.6 Å². The van der Waals surface area contributed by atoms with Crippen LogP contribution in [0.5, 0.6) is 0 Å². The molecule has 288 valence electrons. The van der Waals surface area contributed by atoms with Crippen molar-refractivity contribution < 1.29 is 9.90 Å². The number of hydrogen-bond donors (Lipinski definition) is 2. The number of thiol groups is 1. The second-order valence-electron chi connectivity index (χ2n) is 13.6. The van der Waals surface area contributed by atoms with E-state index in [9.17, 15) is 9.70 Å². The lowest BCUT2D eigenvalue weighted by molar-refractivity contribution is -0.139. The third kappa shape index (κ3) is 20.5. The summed E-state index contributed by atoms with van der Waals surface area (Å²) in [5.41, 5.74) is 6.44. The van der Waals surface area contributed by atoms with Gasteiger partial charge in [0.25, 0.3) is 0 Å². The topological polar surface area (TPSA) is 79.1 Å². The lowest BCUT2D eigenvalue weighted by atomic mass is 9.87. The molecule has 2 aromatic rings. The molecule has 0 heterocycles. The Kier molecular flexibility index (Phi) is 27.3. The minimum Gasteiger partial charge on any atom is -0.481 e. The highest BCUT2D eigenvalue weighted by Gasteiger charge is 2.24. The number of benzene rings is 2. The van der Waals surface area contributed by atoms with Gasteiger partial charge in [-0.15, -0.1) is 4.91 Å². The van der Waals surface area contributed by atoms with Crippen LogP contribution in [0.4, 0.5) is 5.69 Å². The molecule has 0 aliphatic heterocycles. The fourth-order valence-electron chi connectivity index (χ4n) is 5.00. The molecular formula is C45H67ClN2O3S. The largest absolute Gasteiger partial charge is 0.481 e. The smallest absolute Gasteiger partial charge is 0.303 e. The first-order valence-corrected chi connectivity index (χ1v) is 19.4. The Morgan fingerprint density at radius 3 is 2.12 bits per heavy atom. The van der Waals surface area contributed by atoms with Crippen LogP contribution in [0.2, 0.25) is 5.02 Å². The van der Waals surface area contributed by atoms with Crippen LogP contribution in [0.25, 0.3) is 12.2 Å². The zero-order valence-electron chi connectivity index (χ0n) is 33.8. The molecule has 0 amide bonds. The summed E-state index contributed by atoms with van der Waals surface area (Å²) >= 11 is 10.0. The maximum atomic E-state index is 11.2. The fraction of sp³-hybridized carbons (Fsp3) is 0.467. The first-order chi connectivity index (χ1) is 24.6. The van der Waals surface area contributed by atoms with Crippen molar-refractivity contribution in [3.63, 3.8) is 0 Å². The van der Waals surface area contributed by atoms with Gasteiger partial charge in [-0.1, -0.05) is 158 Å². The average molecular weight is 752 g/mol. The maximum absolute atomic E-state index is 11.2. The number of allylic oxidation sites excluding steroid dienone is 4. The summed E-state index contributed by atoms with van der Waals surface area (Å²) in [6.45, 7) is 31.2. The number of rotatable bonds is 18. The van der Waals surface area contributed by atoms with Crippen molar-refractivity contribution in [1.29, 1.82) is 0 Å². The Balaban J connectivity index is 0. The van der Waals surface area contributed by atoms with Crippen LogP contribution in [-0.4, -0.2) is 29.1 Å².